The number of benzene rings is 1. The Kier molecular flexibility index (Phi) is 5.91. The van der Waals surface area contributed by atoms with Gasteiger partial charge in [0.2, 0.25) is 0 Å². The molecule has 1 aromatic rings. The third-order valence-electron chi connectivity index (χ3n) is 2.51. The minimum absolute atomic E-state index is 0.00963. The Labute approximate surface area is 113 Å². The summed E-state index contributed by atoms with van der Waals surface area (Å²) in [6.07, 6.45) is 1.77. The Bertz CT molecular complexity index is 459. The first-order valence-corrected chi connectivity index (χ1v) is 8.08. The molecule has 0 fully saturated rings. The predicted molar refractivity (Wildman–Crippen MR) is 74.1 cm³/mol. The smallest absolute Gasteiger partial charge is 0.147 e. The van der Waals surface area contributed by atoms with Crippen LogP contribution in [-0.4, -0.2) is 40.1 Å². The van der Waals surface area contributed by atoms with Gasteiger partial charge in [0, 0.05) is 17.3 Å². The van der Waals surface area contributed by atoms with E-state index in [0.29, 0.717) is 18.1 Å². The molecule has 0 radical (unpaired) electrons. The molecule has 6 heteroatoms. The van der Waals surface area contributed by atoms with Crippen LogP contribution in [0.2, 0.25) is 5.02 Å². The Balaban J connectivity index is 2.42. The van der Waals surface area contributed by atoms with Gasteiger partial charge in [0.15, 0.2) is 0 Å². The first-order valence-electron chi connectivity index (χ1n) is 5.64. The normalized spacial score (nSPS) is 13.3. The molecular formula is C12H18ClNO3S. The third kappa shape index (κ3) is 6.23. The number of hydrogen-bond acceptors (Lipinski definition) is 4. The number of likely N-dealkylation sites (N-methyl/N-ethyl adjacent to an activating group) is 1. The van der Waals surface area contributed by atoms with Crippen molar-refractivity contribution in [3.8, 4) is 5.75 Å². The maximum atomic E-state index is 11.1. The molecule has 0 amide bonds. The number of hydrogen-bond donors (Lipinski definition) is 1. The van der Waals surface area contributed by atoms with Gasteiger partial charge in [0.25, 0.3) is 0 Å². The summed E-state index contributed by atoms with van der Waals surface area (Å²) in [7, 11) is -1.14. The van der Waals surface area contributed by atoms with E-state index in [-0.39, 0.29) is 11.8 Å². The Morgan fingerprint density at radius 2 is 1.94 bits per heavy atom. The largest absolute Gasteiger partial charge is 0.492 e. The van der Waals surface area contributed by atoms with Crippen LogP contribution in [0.25, 0.3) is 0 Å². The average molecular weight is 292 g/mol. The van der Waals surface area contributed by atoms with Crippen molar-refractivity contribution in [1.29, 1.82) is 0 Å². The second-order valence-corrected chi connectivity index (χ2v) is 6.87. The molecule has 1 N–H and O–H groups in total. The standard InChI is InChI=1S/C12H18ClNO3S/c1-14-11(7-8-18(2,15)16)9-17-12-5-3-10(13)4-6-12/h3-6,11,14H,7-9H2,1-2H3. The number of halogens is 1. The molecule has 1 unspecified atom stereocenters. The Hall–Kier alpha value is -0.780. The zero-order valence-corrected chi connectivity index (χ0v) is 12.1. The van der Waals surface area contributed by atoms with E-state index in [0.717, 1.165) is 5.75 Å². The van der Waals surface area contributed by atoms with Crippen molar-refractivity contribution in [3.05, 3.63) is 29.3 Å². The third-order valence-corrected chi connectivity index (χ3v) is 3.74. The highest BCUT2D eigenvalue weighted by molar-refractivity contribution is 7.90. The van der Waals surface area contributed by atoms with Crippen LogP contribution < -0.4 is 10.1 Å². The SMILES string of the molecule is CNC(CCS(C)(=O)=O)COc1ccc(Cl)cc1. The number of rotatable bonds is 7. The molecule has 4 nitrogen and oxygen atoms in total. The van der Waals surface area contributed by atoms with Gasteiger partial charge in [0.05, 0.1) is 5.75 Å². The van der Waals surface area contributed by atoms with E-state index in [1.54, 1.807) is 31.3 Å². The van der Waals surface area contributed by atoms with Crippen molar-refractivity contribution in [3.63, 3.8) is 0 Å². The van der Waals surface area contributed by atoms with Crippen molar-refractivity contribution >= 4 is 21.4 Å². The van der Waals surface area contributed by atoms with E-state index in [2.05, 4.69) is 5.32 Å². The molecule has 0 bridgehead atoms. The maximum absolute atomic E-state index is 11.1. The fourth-order valence-corrected chi connectivity index (χ4v) is 2.23. The average Bonchev–Trinajstić information content (AvgIpc) is 2.30. The van der Waals surface area contributed by atoms with E-state index in [1.807, 2.05) is 0 Å². The van der Waals surface area contributed by atoms with E-state index >= 15 is 0 Å². The van der Waals surface area contributed by atoms with Crippen molar-refractivity contribution in [1.82, 2.24) is 5.32 Å². The number of ether oxygens (including phenoxy) is 1. The first kappa shape index (κ1) is 15.3. The molecule has 0 saturated carbocycles. The summed E-state index contributed by atoms with van der Waals surface area (Å²) in [6, 6.07) is 7.08. The molecule has 1 aromatic carbocycles. The van der Waals surface area contributed by atoms with E-state index < -0.39 is 9.84 Å². The molecule has 0 aliphatic rings. The number of sulfone groups is 1. The quantitative estimate of drug-likeness (QED) is 0.831. The molecule has 18 heavy (non-hydrogen) atoms. The van der Waals surface area contributed by atoms with Gasteiger partial charge in [-0.25, -0.2) is 8.42 Å². The predicted octanol–water partition coefficient (Wildman–Crippen LogP) is 1.74. The lowest BCUT2D eigenvalue weighted by atomic mass is 10.2. The molecule has 0 saturated heterocycles. The van der Waals surface area contributed by atoms with Crippen LogP contribution in [0, 0.1) is 0 Å². The zero-order chi connectivity index (χ0) is 13.6. The van der Waals surface area contributed by atoms with Gasteiger partial charge in [-0.15, -0.1) is 0 Å². The van der Waals surface area contributed by atoms with Crippen LogP contribution in [0.5, 0.6) is 5.75 Å². The van der Waals surface area contributed by atoms with Crippen LogP contribution in [0.1, 0.15) is 6.42 Å². The van der Waals surface area contributed by atoms with Gasteiger partial charge >= 0.3 is 0 Å². The van der Waals surface area contributed by atoms with Crippen molar-refractivity contribution in [2.24, 2.45) is 0 Å². The summed E-state index contributed by atoms with van der Waals surface area (Å²) < 4.78 is 27.7. The summed E-state index contributed by atoms with van der Waals surface area (Å²) >= 11 is 5.77. The van der Waals surface area contributed by atoms with E-state index in [9.17, 15) is 8.42 Å². The van der Waals surface area contributed by atoms with Crippen LogP contribution in [0.15, 0.2) is 24.3 Å². The number of nitrogens with one attached hydrogen (secondary N) is 1. The van der Waals surface area contributed by atoms with Gasteiger partial charge in [-0.05, 0) is 37.7 Å². The Morgan fingerprint density at radius 3 is 2.44 bits per heavy atom. The van der Waals surface area contributed by atoms with Gasteiger partial charge in [-0.1, -0.05) is 11.6 Å². The summed E-state index contributed by atoms with van der Waals surface area (Å²) in [5.74, 6) is 0.877. The summed E-state index contributed by atoms with van der Waals surface area (Å²) in [6.45, 7) is 0.424. The lowest BCUT2D eigenvalue weighted by Gasteiger charge is -2.16. The van der Waals surface area contributed by atoms with Gasteiger partial charge in [-0.3, -0.25) is 0 Å². The van der Waals surface area contributed by atoms with Crippen LogP contribution in [-0.2, 0) is 9.84 Å². The fraction of sp³-hybridized carbons (Fsp3) is 0.500. The highest BCUT2D eigenvalue weighted by Crippen LogP contribution is 2.15. The molecule has 0 spiro atoms. The van der Waals surface area contributed by atoms with Gasteiger partial charge < -0.3 is 10.1 Å². The van der Waals surface area contributed by atoms with Crippen LogP contribution >= 0.6 is 11.6 Å². The highest BCUT2D eigenvalue weighted by Gasteiger charge is 2.11. The highest BCUT2D eigenvalue weighted by atomic mass is 35.5. The lowest BCUT2D eigenvalue weighted by Crippen LogP contribution is -2.33. The minimum atomic E-state index is -2.93. The van der Waals surface area contributed by atoms with E-state index in [4.69, 9.17) is 16.3 Å². The molecule has 102 valence electrons. The zero-order valence-electron chi connectivity index (χ0n) is 10.5. The first-order chi connectivity index (χ1) is 8.40. The van der Waals surface area contributed by atoms with Gasteiger partial charge in [-0.2, -0.15) is 0 Å². The van der Waals surface area contributed by atoms with Crippen molar-refractivity contribution < 1.29 is 13.2 Å². The summed E-state index contributed by atoms with van der Waals surface area (Å²) in [5, 5.41) is 3.70. The molecule has 0 aliphatic carbocycles. The molecule has 0 aliphatic heterocycles. The molecule has 1 atom stereocenters. The lowest BCUT2D eigenvalue weighted by molar-refractivity contribution is 0.267. The monoisotopic (exact) mass is 291 g/mol. The summed E-state index contributed by atoms with van der Waals surface area (Å²) in [5.41, 5.74) is 0. The molecule has 1 rings (SSSR count). The fourth-order valence-electron chi connectivity index (χ4n) is 1.39. The van der Waals surface area contributed by atoms with Crippen molar-refractivity contribution in [2.45, 2.75) is 12.5 Å². The topological polar surface area (TPSA) is 55.4 Å². The maximum Gasteiger partial charge on any atom is 0.147 e. The second-order valence-electron chi connectivity index (χ2n) is 4.17. The van der Waals surface area contributed by atoms with E-state index in [1.165, 1.54) is 6.26 Å². The Morgan fingerprint density at radius 1 is 1.33 bits per heavy atom. The molecule has 0 aromatic heterocycles. The van der Waals surface area contributed by atoms with Crippen LogP contribution in [0.3, 0.4) is 0 Å². The minimum Gasteiger partial charge on any atom is -0.492 e. The molecule has 0 heterocycles. The van der Waals surface area contributed by atoms with Crippen LogP contribution in [0.4, 0.5) is 0 Å². The second kappa shape index (κ2) is 6.97. The molecular weight excluding hydrogens is 274 g/mol. The van der Waals surface area contributed by atoms with Gasteiger partial charge in [0.1, 0.15) is 22.2 Å². The summed E-state index contributed by atoms with van der Waals surface area (Å²) in [4.78, 5) is 0. The van der Waals surface area contributed by atoms with Crippen molar-refractivity contribution in [2.75, 3.05) is 25.7 Å².